The van der Waals surface area contributed by atoms with Crippen LogP contribution in [0.1, 0.15) is 93.4 Å². The predicted molar refractivity (Wildman–Crippen MR) is 261 cm³/mol. The minimum atomic E-state index is -4.85. The van der Waals surface area contributed by atoms with E-state index in [0.717, 1.165) is 6.42 Å². The van der Waals surface area contributed by atoms with Crippen molar-refractivity contribution in [1.29, 1.82) is 0 Å². The highest BCUT2D eigenvalue weighted by atomic mass is 32.3. The molecule has 0 amide bonds. The third-order valence-corrected chi connectivity index (χ3v) is 19.7. The van der Waals surface area contributed by atoms with Gasteiger partial charge in [0.05, 0.1) is 43.2 Å². The van der Waals surface area contributed by atoms with Crippen LogP contribution in [-0.4, -0.2) is 252 Å². The van der Waals surface area contributed by atoms with E-state index < -0.39 is 194 Å². The van der Waals surface area contributed by atoms with E-state index in [4.69, 9.17) is 51.6 Å². The first kappa shape index (κ1) is 61.9. The lowest BCUT2D eigenvalue weighted by Gasteiger charge is -2.59. The lowest BCUT2D eigenvalue weighted by atomic mass is 9.48. The quantitative estimate of drug-likeness (QED) is 0.0594. The number of Topliss-reactive ketones (excluding diaryl/α,β-unsaturated/α-hetero) is 1. The van der Waals surface area contributed by atoms with Crippen molar-refractivity contribution < 1.29 is 131 Å². The van der Waals surface area contributed by atoms with Crippen molar-refractivity contribution in [3.63, 3.8) is 0 Å². The summed E-state index contributed by atoms with van der Waals surface area (Å²) in [6.07, 6.45) is -38.3. The summed E-state index contributed by atoms with van der Waals surface area (Å²) in [7, 11) is -4.85. The molecule has 9 aliphatic rings. The maximum Gasteiger partial charge on any atom is 0.397 e. The van der Waals surface area contributed by atoms with Gasteiger partial charge in [-0.15, -0.1) is 0 Å². The Hall–Kier alpha value is -1.60. The second-order valence-corrected chi connectivity index (χ2v) is 25.1. The molecule has 8 fully saturated rings. The van der Waals surface area contributed by atoms with Crippen molar-refractivity contribution in [2.24, 2.45) is 34.5 Å². The summed E-state index contributed by atoms with van der Waals surface area (Å²) in [6.45, 7) is 10.6. The fourth-order valence-corrected chi connectivity index (χ4v) is 15.2. The molecule has 13 N–H and O–H groups in total. The average molecular weight is 1160 g/mol. The molecule has 454 valence electrons. The molecule has 0 spiro atoms. The lowest BCUT2D eigenvalue weighted by molar-refractivity contribution is -0.407. The lowest BCUT2D eigenvalue weighted by Crippen LogP contribution is -2.68. The molecule has 27 nitrogen and oxygen atoms in total. The molecule has 0 aromatic carbocycles. The molecule has 4 aliphatic carbocycles. The fraction of sp³-hybridized carbons (Fsp3) is 0.941. The number of aliphatic hydroxyl groups excluding tert-OH is 12. The summed E-state index contributed by atoms with van der Waals surface area (Å²) in [4.78, 5) is 13.0. The van der Waals surface area contributed by atoms with Gasteiger partial charge in [0, 0.05) is 5.92 Å². The molecule has 0 unspecified atom stereocenters. The normalized spacial score (nSPS) is 54.3. The first-order chi connectivity index (χ1) is 37.0. The smallest absolute Gasteiger partial charge is 0.394 e. The Kier molecular flexibility index (Phi) is 18.6. The van der Waals surface area contributed by atoms with Gasteiger partial charge in [-0.25, -0.2) is 4.18 Å². The van der Waals surface area contributed by atoms with E-state index in [1.807, 2.05) is 0 Å². The second kappa shape index (κ2) is 23.7. The van der Waals surface area contributed by atoms with Crippen LogP contribution in [0.15, 0.2) is 11.6 Å². The van der Waals surface area contributed by atoms with E-state index >= 15 is 0 Å². The summed E-state index contributed by atoms with van der Waals surface area (Å²) in [5.41, 5.74) is 0.238. The molecule has 9 rings (SSSR count). The van der Waals surface area contributed by atoms with Crippen LogP contribution in [0.25, 0.3) is 0 Å². The number of carbonyl (C=O) groups is 1. The van der Waals surface area contributed by atoms with Gasteiger partial charge in [0.25, 0.3) is 0 Å². The number of hydrogen-bond donors (Lipinski definition) is 13. The van der Waals surface area contributed by atoms with Crippen molar-refractivity contribution in [1.82, 2.24) is 0 Å². The van der Waals surface area contributed by atoms with Crippen molar-refractivity contribution in [3.05, 3.63) is 11.6 Å². The second-order valence-electron chi connectivity index (χ2n) is 24.0. The Morgan fingerprint density at radius 3 is 1.66 bits per heavy atom. The first-order valence-corrected chi connectivity index (χ1v) is 28.9. The third-order valence-electron chi connectivity index (χ3n) is 19.2. The molecule has 5 aliphatic heterocycles. The van der Waals surface area contributed by atoms with E-state index in [1.165, 1.54) is 33.3 Å². The SMILES string of the molecule is CC(=O)[C@H]1CC[C@H]2[C@@H]3C[C@H](O[C@@H]4O[C@H](C)[C@@H](O)[C@H](O[C@@H]5O[C@H](C)[C@@H](O[C@@H]6O[C@H](CO)[C@@H](O)[C@H](O)[C@H]6O[C@@H]6O[C@H](C)[C@H](O)[C@H](O)[C@H]6O)[C@H](O)[C@H]5O[C@@H]5O[C@H](C)[C@@H](O)[C@H](O)[C@H]5O)[C@H]4O)[C@H]4C[C@@H](OS(=O)(=O)O)CC[C@]4(C)C3=CC[C@]12C. The highest BCUT2D eigenvalue weighted by Crippen LogP contribution is 2.66. The molecular formula is C51H82O27S. The molecule has 5 saturated heterocycles. The maximum atomic E-state index is 13.0. The van der Waals surface area contributed by atoms with Crippen LogP contribution >= 0.6 is 0 Å². The third kappa shape index (κ3) is 11.7. The van der Waals surface area contributed by atoms with Crippen LogP contribution in [-0.2, 0) is 66.7 Å². The van der Waals surface area contributed by atoms with Crippen molar-refractivity contribution in [3.8, 4) is 0 Å². The van der Waals surface area contributed by atoms with Gasteiger partial charge < -0.3 is 109 Å². The van der Waals surface area contributed by atoms with Gasteiger partial charge >= 0.3 is 10.4 Å². The van der Waals surface area contributed by atoms with Gasteiger partial charge in [0.2, 0.25) is 0 Å². The van der Waals surface area contributed by atoms with E-state index in [1.54, 1.807) is 6.92 Å². The molecule has 79 heavy (non-hydrogen) atoms. The largest absolute Gasteiger partial charge is 0.397 e. The van der Waals surface area contributed by atoms with Gasteiger partial charge in [0.15, 0.2) is 31.5 Å². The number of ether oxygens (including phenoxy) is 10. The number of rotatable bonds is 14. The van der Waals surface area contributed by atoms with Gasteiger partial charge in [-0.1, -0.05) is 25.5 Å². The fourth-order valence-electron chi connectivity index (χ4n) is 14.6. The monoisotopic (exact) mass is 1160 g/mol. The molecule has 0 bridgehead atoms. The Bertz CT molecular complexity index is 2270. The topological polar surface area (TPSA) is 416 Å². The average Bonchev–Trinajstić information content (AvgIpc) is 4.04. The van der Waals surface area contributed by atoms with Crippen LogP contribution in [0.4, 0.5) is 0 Å². The number of allylic oxidation sites excluding steroid dienone is 2. The van der Waals surface area contributed by atoms with Gasteiger partial charge in [0.1, 0.15) is 103 Å². The number of carbonyl (C=O) groups excluding carboxylic acids is 1. The van der Waals surface area contributed by atoms with E-state index in [2.05, 4.69) is 19.9 Å². The molecule has 0 aromatic heterocycles. The zero-order chi connectivity index (χ0) is 57.7. The minimum Gasteiger partial charge on any atom is -0.394 e. The summed E-state index contributed by atoms with van der Waals surface area (Å²) in [5.74, 6) is -0.520. The summed E-state index contributed by atoms with van der Waals surface area (Å²) >= 11 is 0. The van der Waals surface area contributed by atoms with Crippen molar-refractivity contribution in [2.45, 2.75) is 259 Å². The van der Waals surface area contributed by atoms with Gasteiger partial charge in [-0.3, -0.25) is 9.35 Å². The van der Waals surface area contributed by atoms with Crippen LogP contribution < -0.4 is 0 Å². The van der Waals surface area contributed by atoms with Crippen molar-refractivity contribution >= 4 is 16.2 Å². The molecule has 5 heterocycles. The molecule has 0 radical (unpaired) electrons. The number of hydrogen-bond acceptors (Lipinski definition) is 26. The van der Waals surface area contributed by atoms with Crippen LogP contribution in [0.5, 0.6) is 0 Å². The minimum absolute atomic E-state index is 0.0780. The molecule has 3 saturated carbocycles. The van der Waals surface area contributed by atoms with E-state index in [0.29, 0.717) is 25.7 Å². The Balaban J connectivity index is 0.995. The Morgan fingerprint density at radius 1 is 0.570 bits per heavy atom. The molecule has 28 heteroatoms. The van der Waals surface area contributed by atoms with E-state index in [9.17, 15) is 79.0 Å². The highest BCUT2D eigenvalue weighted by molar-refractivity contribution is 7.80. The number of ketones is 1. The zero-order valence-corrected chi connectivity index (χ0v) is 45.9. The number of fused-ring (bicyclic) bond motifs is 5. The molecule has 0 aromatic rings. The summed E-state index contributed by atoms with van der Waals surface area (Å²) < 4.78 is 100. The Morgan fingerprint density at radius 2 is 1.09 bits per heavy atom. The molecule has 33 atom stereocenters. The van der Waals surface area contributed by atoms with Gasteiger partial charge in [-0.2, -0.15) is 8.42 Å². The maximum absolute atomic E-state index is 13.0. The van der Waals surface area contributed by atoms with Gasteiger partial charge in [-0.05, 0) is 108 Å². The first-order valence-electron chi connectivity index (χ1n) is 27.5. The van der Waals surface area contributed by atoms with Crippen LogP contribution in [0.3, 0.4) is 0 Å². The number of aliphatic hydroxyl groups is 12. The predicted octanol–water partition coefficient (Wildman–Crippen LogP) is -3.46. The van der Waals surface area contributed by atoms with E-state index in [-0.39, 0.29) is 41.8 Å². The zero-order valence-electron chi connectivity index (χ0n) is 45.1. The van der Waals surface area contributed by atoms with Crippen molar-refractivity contribution in [2.75, 3.05) is 6.61 Å². The Labute approximate surface area is 457 Å². The highest BCUT2D eigenvalue weighted by Gasteiger charge is 2.63. The van der Waals surface area contributed by atoms with Crippen LogP contribution in [0, 0.1) is 34.5 Å². The summed E-state index contributed by atoms with van der Waals surface area (Å²) in [5, 5.41) is 133. The van der Waals surface area contributed by atoms with Crippen LogP contribution in [0.2, 0.25) is 0 Å². The molecular weight excluding hydrogens is 1080 g/mol. The standard InChI is InChI=1S/C51H82O27S/c1-17(53)24-8-9-25-23-15-28(27-14-22(78-79(65,66)67)10-12-51(27,7)26(23)11-13-50(24,25)6)72-47-40(64)42(32(56)20(4)70-47)75-48-44(77-46-38(62)35(59)31(55)19(3)69-46)39(63)41(21(5)71-48)74-49-43(36(60)33(57)29(16-52)73-49)76-45-37(61)34(58)30(54)18(2)68-45/h11,18-25,27-49,52,54-64H,8-10,12-16H2,1-7H3,(H,65,66,67)/t18-,19-,20-,21-,22+,23+,24-,25+,27-,28+,29-,30+,31-,32-,33-,34+,35+,36+,37-,38-,39+,40-,41-,42+,43-,44-,45+,46+,47+,48+,49+,50-,51-/m1/s1. The summed E-state index contributed by atoms with van der Waals surface area (Å²) in [6, 6.07) is 0.